The predicted molar refractivity (Wildman–Crippen MR) is 85.3 cm³/mol. The molecule has 1 aliphatic rings. The molecule has 1 aliphatic heterocycles. The van der Waals surface area contributed by atoms with Crippen LogP contribution >= 0.6 is 0 Å². The van der Waals surface area contributed by atoms with Gasteiger partial charge >= 0.3 is 6.09 Å². The monoisotopic (exact) mass is 287 g/mol. The van der Waals surface area contributed by atoms with Crippen LogP contribution in [0.15, 0.2) is 35.9 Å². The molecule has 1 aromatic rings. The van der Waals surface area contributed by atoms with Crippen LogP contribution < -0.4 is 0 Å². The Labute approximate surface area is 127 Å². The Kier molecular flexibility index (Phi) is 5.43. The molecule has 21 heavy (non-hydrogen) atoms. The standard InChI is InChI=1S/C18H25NO2/c1-4-9-14(5-2)17-16-11-8-7-10-15(16)12-13-19(17)18(20)21-6-3/h7-11,17H,4-6,12-13H2,1-3H3/b14-9+. The molecule has 0 spiro atoms. The number of ether oxygens (including phenoxy) is 1. The average molecular weight is 287 g/mol. The molecule has 3 heteroatoms. The summed E-state index contributed by atoms with van der Waals surface area (Å²) in [5, 5.41) is 0. The van der Waals surface area contributed by atoms with Crippen LogP contribution in [0, 0.1) is 0 Å². The Morgan fingerprint density at radius 3 is 2.76 bits per heavy atom. The number of nitrogens with zero attached hydrogens (tertiary/aromatic N) is 1. The number of benzene rings is 1. The second-order valence-electron chi connectivity index (χ2n) is 5.28. The van der Waals surface area contributed by atoms with Gasteiger partial charge in [-0.3, -0.25) is 4.90 Å². The highest BCUT2D eigenvalue weighted by molar-refractivity contribution is 5.70. The Morgan fingerprint density at radius 2 is 2.10 bits per heavy atom. The minimum atomic E-state index is -0.201. The molecule has 0 aromatic heterocycles. The molecule has 0 radical (unpaired) electrons. The Balaban J connectivity index is 2.43. The van der Waals surface area contributed by atoms with Gasteiger partial charge in [0.1, 0.15) is 0 Å². The van der Waals surface area contributed by atoms with Crippen LogP contribution in [0.3, 0.4) is 0 Å². The van der Waals surface area contributed by atoms with Gasteiger partial charge in [0.15, 0.2) is 0 Å². The lowest BCUT2D eigenvalue weighted by Gasteiger charge is -2.38. The van der Waals surface area contributed by atoms with E-state index < -0.39 is 0 Å². The fraction of sp³-hybridized carbons (Fsp3) is 0.500. The third-order valence-electron chi connectivity index (χ3n) is 4.01. The van der Waals surface area contributed by atoms with Crippen molar-refractivity contribution in [1.82, 2.24) is 4.90 Å². The van der Waals surface area contributed by atoms with Gasteiger partial charge in [0.05, 0.1) is 12.6 Å². The van der Waals surface area contributed by atoms with E-state index in [-0.39, 0.29) is 12.1 Å². The number of hydrogen-bond acceptors (Lipinski definition) is 2. The maximum atomic E-state index is 12.3. The van der Waals surface area contributed by atoms with Gasteiger partial charge < -0.3 is 4.74 Å². The van der Waals surface area contributed by atoms with E-state index >= 15 is 0 Å². The molecule has 1 heterocycles. The summed E-state index contributed by atoms with van der Waals surface area (Å²) in [6, 6.07) is 8.47. The first-order chi connectivity index (χ1) is 10.2. The molecule has 1 atom stereocenters. The van der Waals surface area contributed by atoms with Crippen molar-refractivity contribution >= 4 is 6.09 Å². The molecule has 0 saturated heterocycles. The normalized spacial score (nSPS) is 18.3. The van der Waals surface area contributed by atoms with Gasteiger partial charge in [0.25, 0.3) is 0 Å². The van der Waals surface area contributed by atoms with Crippen LogP contribution in [-0.2, 0) is 11.2 Å². The maximum absolute atomic E-state index is 12.3. The SMILES string of the molecule is CC/C=C(\CC)C1c2ccccc2CCN1C(=O)OCC. The summed E-state index contributed by atoms with van der Waals surface area (Å²) in [4.78, 5) is 14.2. The fourth-order valence-corrected chi connectivity index (χ4v) is 3.08. The minimum absolute atomic E-state index is 0.0268. The number of rotatable bonds is 4. The Bertz CT molecular complexity index is 522. The van der Waals surface area contributed by atoms with E-state index in [4.69, 9.17) is 4.74 Å². The molecule has 3 nitrogen and oxygen atoms in total. The molecule has 1 unspecified atom stereocenters. The number of carbonyl (C=O) groups excluding carboxylic acids is 1. The molecule has 0 aliphatic carbocycles. The number of hydrogen-bond donors (Lipinski definition) is 0. The van der Waals surface area contributed by atoms with Gasteiger partial charge in [-0.2, -0.15) is 0 Å². The molecule has 0 bridgehead atoms. The minimum Gasteiger partial charge on any atom is -0.450 e. The van der Waals surface area contributed by atoms with Crippen molar-refractivity contribution in [3.05, 3.63) is 47.0 Å². The lowest BCUT2D eigenvalue weighted by Crippen LogP contribution is -2.41. The highest BCUT2D eigenvalue weighted by Gasteiger charge is 2.33. The second-order valence-corrected chi connectivity index (χ2v) is 5.28. The van der Waals surface area contributed by atoms with Gasteiger partial charge in [-0.05, 0) is 42.9 Å². The van der Waals surface area contributed by atoms with Gasteiger partial charge in [-0.15, -0.1) is 0 Å². The molecule has 114 valence electrons. The molecule has 0 saturated carbocycles. The van der Waals surface area contributed by atoms with Crippen LogP contribution in [0.2, 0.25) is 0 Å². The molecule has 1 amide bonds. The van der Waals surface area contributed by atoms with Crippen molar-refractivity contribution in [2.45, 2.75) is 46.1 Å². The summed E-state index contributed by atoms with van der Waals surface area (Å²) in [7, 11) is 0. The van der Waals surface area contributed by atoms with E-state index in [1.807, 2.05) is 11.8 Å². The molecular formula is C18H25NO2. The third-order valence-corrected chi connectivity index (χ3v) is 4.01. The van der Waals surface area contributed by atoms with Crippen molar-refractivity contribution < 1.29 is 9.53 Å². The predicted octanol–water partition coefficient (Wildman–Crippen LogP) is 4.49. The zero-order valence-corrected chi connectivity index (χ0v) is 13.3. The molecular weight excluding hydrogens is 262 g/mol. The quantitative estimate of drug-likeness (QED) is 0.764. The molecule has 0 fully saturated rings. The van der Waals surface area contributed by atoms with Crippen molar-refractivity contribution in [1.29, 1.82) is 0 Å². The van der Waals surface area contributed by atoms with Crippen LogP contribution in [0.5, 0.6) is 0 Å². The number of fused-ring (bicyclic) bond motifs is 1. The van der Waals surface area contributed by atoms with E-state index in [2.05, 4.69) is 44.2 Å². The summed E-state index contributed by atoms with van der Waals surface area (Å²) >= 11 is 0. The first-order valence-corrected chi connectivity index (χ1v) is 7.93. The topological polar surface area (TPSA) is 29.5 Å². The molecule has 0 N–H and O–H groups in total. The lowest BCUT2D eigenvalue weighted by molar-refractivity contribution is 0.0925. The largest absolute Gasteiger partial charge is 0.450 e. The van der Waals surface area contributed by atoms with Crippen molar-refractivity contribution in [3.8, 4) is 0 Å². The number of allylic oxidation sites excluding steroid dienone is 1. The first-order valence-electron chi connectivity index (χ1n) is 7.93. The van der Waals surface area contributed by atoms with E-state index in [1.54, 1.807) is 0 Å². The highest BCUT2D eigenvalue weighted by atomic mass is 16.6. The summed E-state index contributed by atoms with van der Waals surface area (Å²) in [5.41, 5.74) is 3.90. The zero-order chi connectivity index (χ0) is 15.2. The van der Waals surface area contributed by atoms with Gasteiger partial charge in [-0.25, -0.2) is 4.79 Å². The summed E-state index contributed by atoms with van der Waals surface area (Å²) < 4.78 is 5.26. The van der Waals surface area contributed by atoms with E-state index in [0.29, 0.717) is 6.61 Å². The first kappa shape index (κ1) is 15.6. The third kappa shape index (κ3) is 3.29. The van der Waals surface area contributed by atoms with E-state index in [1.165, 1.54) is 16.7 Å². The number of carbonyl (C=O) groups is 1. The molecule has 2 rings (SSSR count). The van der Waals surface area contributed by atoms with Crippen LogP contribution in [0.4, 0.5) is 4.79 Å². The molecule has 1 aromatic carbocycles. The second kappa shape index (κ2) is 7.30. The van der Waals surface area contributed by atoms with Crippen molar-refractivity contribution in [3.63, 3.8) is 0 Å². The number of amides is 1. The lowest BCUT2D eigenvalue weighted by atomic mass is 9.87. The fourth-order valence-electron chi connectivity index (χ4n) is 3.08. The van der Waals surface area contributed by atoms with Gasteiger partial charge in [0, 0.05) is 6.54 Å². The smallest absolute Gasteiger partial charge is 0.410 e. The van der Waals surface area contributed by atoms with Crippen molar-refractivity contribution in [2.75, 3.05) is 13.2 Å². The highest BCUT2D eigenvalue weighted by Crippen LogP contribution is 2.37. The Hall–Kier alpha value is -1.77. The van der Waals surface area contributed by atoms with E-state index in [0.717, 1.165) is 25.8 Å². The van der Waals surface area contributed by atoms with Crippen LogP contribution in [0.1, 0.15) is 50.8 Å². The zero-order valence-electron chi connectivity index (χ0n) is 13.3. The summed E-state index contributed by atoms with van der Waals surface area (Å²) in [6.45, 7) is 7.29. The Morgan fingerprint density at radius 1 is 1.33 bits per heavy atom. The average Bonchev–Trinajstić information content (AvgIpc) is 2.52. The van der Waals surface area contributed by atoms with Crippen molar-refractivity contribution in [2.24, 2.45) is 0 Å². The van der Waals surface area contributed by atoms with Crippen LogP contribution in [0.25, 0.3) is 0 Å². The van der Waals surface area contributed by atoms with Crippen LogP contribution in [-0.4, -0.2) is 24.1 Å². The summed E-state index contributed by atoms with van der Waals surface area (Å²) in [6.07, 6.45) is 4.88. The van der Waals surface area contributed by atoms with Gasteiger partial charge in [0.2, 0.25) is 0 Å². The van der Waals surface area contributed by atoms with E-state index in [9.17, 15) is 4.79 Å². The summed E-state index contributed by atoms with van der Waals surface area (Å²) in [5.74, 6) is 0. The maximum Gasteiger partial charge on any atom is 0.410 e. The van der Waals surface area contributed by atoms with Gasteiger partial charge in [-0.1, -0.05) is 44.2 Å².